The van der Waals surface area contributed by atoms with Crippen LogP contribution in [0.5, 0.6) is 5.75 Å². The number of carbonyl (C=O) groups is 1. The summed E-state index contributed by atoms with van der Waals surface area (Å²) in [5, 5.41) is 0.541. The Morgan fingerprint density at radius 3 is 2.72 bits per heavy atom. The van der Waals surface area contributed by atoms with Crippen LogP contribution in [0.1, 0.15) is 54.1 Å². The number of fused-ring (bicyclic) bond motifs is 1. The number of hydrogen-bond acceptors (Lipinski definition) is 4. The van der Waals surface area contributed by atoms with Crippen LogP contribution in [0, 0.1) is 0 Å². The molecule has 0 N–H and O–H groups in total. The Labute approximate surface area is 177 Å². The van der Waals surface area contributed by atoms with Crippen LogP contribution in [0.25, 0.3) is 0 Å². The zero-order valence-electron chi connectivity index (χ0n) is 17.0. The summed E-state index contributed by atoms with van der Waals surface area (Å²) in [7, 11) is 0. The summed E-state index contributed by atoms with van der Waals surface area (Å²) in [5.74, 6) is 1.73. The van der Waals surface area contributed by atoms with Crippen molar-refractivity contribution in [3.8, 4) is 5.75 Å². The Morgan fingerprint density at radius 2 is 1.97 bits per heavy atom. The number of anilines is 1. The summed E-state index contributed by atoms with van der Waals surface area (Å²) >= 11 is 6.56. The lowest BCUT2D eigenvalue weighted by atomic mass is 9.99. The van der Waals surface area contributed by atoms with E-state index in [1.54, 1.807) is 12.3 Å². The number of amides is 1. The number of ether oxygens (including phenoxy) is 1. The number of piperidine rings is 1. The lowest BCUT2D eigenvalue weighted by Gasteiger charge is -2.31. The molecular formula is C23H28ClN3O2. The monoisotopic (exact) mass is 413 g/mol. The average Bonchev–Trinajstić information content (AvgIpc) is 2.77. The van der Waals surface area contributed by atoms with Crippen LogP contribution < -0.4 is 9.64 Å². The molecule has 1 fully saturated rings. The third-order valence-electron chi connectivity index (χ3n) is 5.67. The highest BCUT2D eigenvalue weighted by molar-refractivity contribution is 6.33. The second-order valence-corrected chi connectivity index (χ2v) is 8.24. The quantitative estimate of drug-likeness (QED) is 0.711. The van der Waals surface area contributed by atoms with Gasteiger partial charge in [0.2, 0.25) is 0 Å². The highest BCUT2D eigenvalue weighted by atomic mass is 35.5. The molecule has 4 rings (SSSR count). The minimum absolute atomic E-state index is 0.0363. The van der Waals surface area contributed by atoms with Crippen molar-refractivity contribution >= 4 is 23.3 Å². The first-order chi connectivity index (χ1) is 14.2. The van der Waals surface area contributed by atoms with Crippen LogP contribution in [0.2, 0.25) is 5.02 Å². The van der Waals surface area contributed by atoms with E-state index in [4.69, 9.17) is 16.3 Å². The van der Waals surface area contributed by atoms with Gasteiger partial charge in [-0.25, -0.2) is 4.98 Å². The Balaban J connectivity index is 1.47. The van der Waals surface area contributed by atoms with E-state index in [-0.39, 0.29) is 5.91 Å². The molecule has 1 aromatic heterocycles. The van der Waals surface area contributed by atoms with E-state index in [0.29, 0.717) is 10.6 Å². The Kier molecular flexibility index (Phi) is 6.24. The summed E-state index contributed by atoms with van der Waals surface area (Å²) in [6, 6.07) is 8.10. The fraction of sp³-hybridized carbons (Fsp3) is 0.478. The van der Waals surface area contributed by atoms with Crippen molar-refractivity contribution in [2.24, 2.45) is 0 Å². The number of pyridine rings is 1. The van der Waals surface area contributed by atoms with E-state index in [9.17, 15) is 4.79 Å². The maximum atomic E-state index is 12.7. The molecule has 0 atom stereocenters. The van der Waals surface area contributed by atoms with Gasteiger partial charge >= 0.3 is 0 Å². The summed E-state index contributed by atoms with van der Waals surface area (Å²) in [5.41, 5.74) is 3.17. The first-order valence-electron chi connectivity index (χ1n) is 10.6. The zero-order chi connectivity index (χ0) is 20.2. The molecule has 3 heterocycles. The van der Waals surface area contributed by atoms with Crippen LogP contribution in [0.15, 0.2) is 30.5 Å². The van der Waals surface area contributed by atoms with Crippen molar-refractivity contribution in [1.29, 1.82) is 0 Å². The van der Waals surface area contributed by atoms with Gasteiger partial charge in [-0.15, -0.1) is 0 Å². The molecule has 2 aromatic rings. The molecule has 1 amide bonds. The molecule has 0 saturated carbocycles. The fourth-order valence-electron chi connectivity index (χ4n) is 4.08. The van der Waals surface area contributed by atoms with Gasteiger partial charge in [0.05, 0.1) is 17.2 Å². The fourth-order valence-corrected chi connectivity index (χ4v) is 4.37. The Bertz CT molecular complexity index is 880. The molecule has 5 nitrogen and oxygen atoms in total. The van der Waals surface area contributed by atoms with Crippen LogP contribution in [-0.2, 0) is 13.0 Å². The highest BCUT2D eigenvalue weighted by Crippen LogP contribution is 2.31. The van der Waals surface area contributed by atoms with Gasteiger partial charge in [-0.05, 0) is 61.4 Å². The van der Waals surface area contributed by atoms with Crippen LogP contribution in [0.3, 0.4) is 0 Å². The van der Waals surface area contributed by atoms with E-state index >= 15 is 0 Å². The standard InChI is InChI=1S/C23H28ClN3O2/c1-2-12-29-20-7-6-18-16-27(11-8-17(18)13-20)22-21(24)14-19(15-25-22)23(28)26-9-4-3-5-10-26/h6-7,13-15H,2-5,8-12,16H2,1H3. The second-order valence-electron chi connectivity index (χ2n) is 7.83. The van der Waals surface area contributed by atoms with Crippen LogP contribution in [0.4, 0.5) is 5.82 Å². The number of hydrogen-bond donors (Lipinski definition) is 0. The molecule has 6 heteroatoms. The smallest absolute Gasteiger partial charge is 0.255 e. The third-order valence-corrected chi connectivity index (χ3v) is 5.95. The molecule has 0 aliphatic carbocycles. The van der Waals surface area contributed by atoms with Crippen molar-refractivity contribution in [2.45, 2.75) is 45.6 Å². The maximum Gasteiger partial charge on any atom is 0.255 e. The van der Waals surface area contributed by atoms with Crippen molar-refractivity contribution in [3.63, 3.8) is 0 Å². The molecule has 0 spiro atoms. The van der Waals surface area contributed by atoms with Crippen molar-refractivity contribution < 1.29 is 9.53 Å². The third kappa shape index (κ3) is 4.50. The van der Waals surface area contributed by atoms with Gasteiger partial charge in [0.25, 0.3) is 5.91 Å². The molecule has 1 aromatic carbocycles. The van der Waals surface area contributed by atoms with Gasteiger partial charge in [-0.3, -0.25) is 4.79 Å². The summed E-state index contributed by atoms with van der Waals surface area (Å²) in [6.07, 6.45) is 6.95. The van der Waals surface area contributed by atoms with E-state index < -0.39 is 0 Å². The highest BCUT2D eigenvalue weighted by Gasteiger charge is 2.23. The van der Waals surface area contributed by atoms with Gasteiger partial charge in [0.15, 0.2) is 0 Å². The molecule has 0 unspecified atom stereocenters. The van der Waals surface area contributed by atoms with E-state index in [1.165, 1.54) is 17.5 Å². The molecule has 0 bridgehead atoms. The normalized spacial score (nSPS) is 16.5. The van der Waals surface area contributed by atoms with E-state index in [2.05, 4.69) is 28.9 Å². The summed E-state index contributed by atoms with van der Waals surface area (Å²) < 4.78 is 5.75. The van der Waals surface area contributed by atoms with E-state index in [0.717, 1.165) is 70.0 Å². The number of likely N-dealkylation sites (tertiary alicyclic amines) is 1. The summed E-state index contributed by atoms with van der Waals surface area (Å²) in [4.78, 5) is 21.4. The first-order valence-corrected chi connectivity index (χ1v) is 11.0. The minimum atomic E-state index is 0.0363. The molecule has 29 heavy (non-hydrogen) atoms. The molecule has 1 saturated heterocycles. The Hall–Kier alpha value is -2.27. The predicted octanol–water partition coefficient (Wildman–Crippen LogP) is 4.71. The lowest BCUT2D eigenvalue weighted by Crippen LogP contribution is -2.36. The van der Waals surface area contributed by atoms with Gasteiger partial charge in [0, 0.05) is 32.4 Å². The van der Waals surface area contributed by atoms with E-state index in [1.807, 2.05) is 11.0 Å². The molecule has 2 aliphatic rings. The average molecular weight is 414 g/mol. The largest absolute Gasteiger partial charge is 0.494 e. The van der Waals surface area contributed by atoms with Gasteiger partial charge in [0.1, 0.15) is 11.6 Å². The second kappa shape index (κ2) is 9.04. The maximum absolute atomic E-state index is 12.7. The lowest BCUT2D eigenvalue weighted by molar-refractivity contribution is 0.0724. The first kappa shape index (κ1) is 20.0. The number of aromatic nitrogens is 1. The SMILES string of the molecule is CCCOc1ccc2c(c1)CCN(c1ncc(C(=O)N3CCCCC3)cc1Cl)C2. The van der Waals surface area contributed by atoms with Crippen LogP contribution >= 0.6 is 11.6 Å². The predicted molar refractivity (Wildman–Crippen MR) is 116 cm³/mol. The van der Waals surface area contributed by atoms with Gasteiger partial charge < -0.3 is 14.5 Å². The number of rotatable bonds is 5. The zero-order valence-corrected chi connectivity index (χ0v) is 17.7. The molecule has 154 valence electrons. The van der Waals surface area contributed by atoms with Gasteiger partial charge in [-0.2, -0.15) is 0 Å². The number of halogens is 1. The summed E-state index contributed by atoms with van der Waals surface area (Å²) in [6.45, 7) is 6.10. The number of nitrogens with zero attached hydrogens (tertiary/aromatic N) is 3. The Morgan fingerprint density at radius 1 is 1.14 bits per heavy atom. The topological polar surface area (TPSA) is 45.7 Å². The van der Waals surface area contributed by atoms with Crippen molar-refractivity contribution in [1.82, 2.24) is 9.88 Å². The minimum Gasteiger partial charge on any atom is -0.494 e. The van der Waals surface area contributed by atoms with Crippen molar-refractivity contribution in [3.05, 3.63) is 52.2 Å². The molecular weight excluding hydrogens is 386 g/mol. The van der Waals surface area contributed by atoms with Crippen LogP contribution in [-0.4, -0.2) is 42.0 Å². The molecule has 2 aliphatic heterocycles. The molecule has 0 radical (unpaired) electrons. The number of benzene rings is 1. The number of carbonyl (C=O) groups excluding carboxylic acids is 1. The van der Waals surface area contributed by atoms with Crippen molar-refractivity contribution in [2.75, 3.05) is 31.1 Å². The van der Waals surface area contributed by atoms with Gasteiger partial charge in [-0.1, -0.05) is 24.6 Å².